The Morgan fingerprint density at radius 3 is 2.17 bits per heavy atom. The highest BCUT2D eigenvalue weighted by Gasteiger charge is 2.30. The number of hydrogen-bond donors (Lipinski definition) is 0. The van der Waals surface area contributed by atoms with Gasteiger partial charge in [-0.05, 0) is 84.9 Å². The Labute approximate surface area is 205 Å². The molecule has 1 saturated carbocycles. The zero-order chi connectivity index (χ0) is 24.9. The quantitative estimate of drug-likeness (QED) is 0.252. The Kier molecular flexibility index (Phi) is 7.94. The number of carbonyl (C=O) groups is 1. The number of aryl methyl sites for hydroxylation is 2. The van der Waals surface area contributed by atoms with Crippen LogP contribution in [0.1, 0.15) is 68.6 Å². The molecule has 1 fully saturated rings. The maximum Gasteiger partial charge on any atom is 0.314 e. The molecule has 0 bridgehead atoms. The standard InChI is InChI=1S/C30H31F3O2/c1-3-5-20-6-9-22(10-7-20)25-16-17-27(29(33)28(25)32)35-30(34)23-13-11-21(12-14-23)24-15-8-19(4-2)18-26(24)31/h6-10,15-18,21,23H,3-5,11-14H2,1-2H3. The maximum atomic E-state index is 14.8. The summed E-state index contributed by atoms with van der Waals surface area (Å²) in [5, 5.41) is 0. The highest BCUT2D eigenvalue weighted by atomic mass is 19.2. The summed E-state index contributed by atoms with van der Waals surface area (Å²) in [6.45, 7) is 4.07. The van der Waals surface area contributed by atoms with E-state index in [1.54, 1.807) is 18.2 Å². The predicted octanol–water partition coefficient (Wildman–Crippen LogP) is 8.17. The molecule has 4 rings (SSSR count). The van der Waals surface area contributed by atoms with Crippen LogP contribution in [0, 0.1) is 23.4 Å². The van der Waals surface area contributed by atoms with Crippen LogP contribution in [-0.2, 0) is 17.6 Å². The summed E-state index contributed by atoms with van der Waals surface area (Å²) in [5.74, 6) is -3.75. The number of carbonyl (C=O) groups excluding carboxylic acids is 1. The Morgan fingerprint density at radius 2 is 1.54 bits per heavy atom. The van der Waals surface area contributed by atoms with Crippen molar-refractivity contribution in [3.05, 3.63) is 88.7 Å². The number of rotatable bonds is 7. The van der Waals surface area contributed by atoms with E-state index < -0.39 is 29.3 Å². The first-order chi connectivity index (χ1) is 16.9. The van der Waals surface area contributed by atoms with Crippen molar-refractivity contribution in [1.82, 2.24) is 0 Å². The molecule has 3 aromatic carbocycles. The van der Waals surface area contributed by atoms with Gasteiger partial charge >= 0.3 is 5.97 Å². The fourth-order valence-corrected chi connectivity index (χ4v) is 4.93. The first-order valence-electron chi connectivity index (χ1n) is 12.5. The zero-order valence-electron chi connectivity index (χ0n) is 20.3. The van der Waals surface area contributed by atoms with Crippen LogP contribution in [0.25, 0.3) is 11.1 Å². The van der Waals surface area contributed by atoms with Crippen LogP contribution >= 0.6 is 0 Å². The molecule has 1 aliphatic rings. The largest absolute Gasteiger partial charge is 0.423 e. The molecule has 0 amide bonds. The van der Waals surface area contributed by atoms with Gasteiger partial charge in [0.05, 0.1) is 5.92 Å². The topological polar surface area (TPSA) is 26.3 Å². The molecule has 0 spiro atoms. The molecule has 0 saturated heterocycles. The lowest BCUT2D eigenvalue weighted by molar-refractivity contribution is -0.140. The summed E-state index contributed by atoms with van der Waals surface area (Å²) < 4.78 is 49.4. The van der Waals surface area contributed by atoms with Crippen molar-refractivity contribution < 1.29 is 22.7 Å². The van der Waals surface area contributed by atoms with Crippen molar-refractivity contribution >= 4 is 5.97 Å². The molecule has 0 atom stereocenters. The van der Waals surface area contributed by atoms with E-state index in [0.717, 1.165) is 30.4 Å². The van der Waals surface area contributed by atoms with Crippen LogP contribution in [0.2, 0.25) is 0 Å². The minimum Gasteiger partial charge on any atom is -0.423 e. The van der Waals surface area contributed by atoms with E-state index in [1.807, 2.05) is 31.2 Å². The van der Waals surface area contributed by atoms with Crippen molar-refractivity contribution in [3.63, 3.8) is 0 Å². The number of benzene rings is 3. The molecule has 0 N–H and O–H groups in total. The molecule has 0 unspecified atom stereocenters. The number of esters is 1. The Bertz CT molecular complexity index is 1180. The summed E-state index contributed by atoms with van der Waals surface area (Å²) in [5.41, 5.74) is 3.47. The Balaban J connectivity index is 1.40. The normalized spacial score (nSPS) is 17.9. The van der Waals surface area contributed by atoms with E-state index >= 15 is 0 Å². The van der Waals surface area contributed by atoms with Gasteiger partial charge in [0.2, 0.25) is 5.82 Å². The molecular weight excluding hydrogens is 449 g/mol. The van der Waals surface area contributed by atoms with Gasteiger partial charge in [-0.3, -0.25) is 4.79 Å². The second-order valence-corrected chi connectivity index (χ2v) is 9.37. The Hall–Kier alpha value is -3.08. The van der Waals surface area contributed by atoms with Crippen molar-refractivity contribution in [2.24, 2.45) is 5.92 Å². The van der Waals surface area contributed by atoms with Crippen LogP contribution in [0.3, 0.4) is 0 Å². The Morgan fingerprint density at radius 1 is 0.857 bits per heavy atom. The van der Waals surface area contributed by atoms with E-state index in [4.69, 9.17) is 4.74 Å². The van der Waals surface area contributed by atoms with Gasteiger partial charge in [0.15, 0.2) is 11.6 Å². The number of hydrogen-bond acceptors (Lipinski definition) is 2. The van der Waals surface area contributed by atoms with Crippen LogP contribution in [0.4, 0.5) is 13.2 Å². The van der Waals surface area contributed by atoms with E-state index in [9.17, 15) is 18.0 Å². The van der Waals surface area contributed by atoms with E-state index in [-0.39, 0.29) is 17.3 Å². The molecule has 3 aromatic rings. The van der Waals surface area contributed by atoms with Crippen LogP contribution in [0.15, 0.2) is 54.6 Å². The van der Waals surface area contributed by atoms with Crippen LogP contribution < -0.4 is 4.74 Å². The van der Waals surface area contributed by atoms with Crippen molar-refractivity contribution in [2.75, 3.05) is 0 Å². The van der Waals surface area contributed by atoms with E-state index in [0.29, 0.717) is 36.8 Å². The average Bonchev–Trinajstić information content (AvgIpc) is 2.88. The minimum absolute atomic E-state index is 0.0436. The summed E-state index contributed by atoms with van der Waals surface area (Å²) in [6, 6.07) is 15.5. The van der Waals surface area contributed by atoms with E-state index in [1.165, 1.54) is 12.1 Å². The minimum atomic E-state index is -1.17. The van der Waals surface area contributed by atoms with Gasteiger partial charge < -0.3 is 4.74 Å². The van der Waals surface area contributed by atoms with Gasteiger partial charge in [0.1, 0.15) is 5.82 Å². The zero-order valence-corrected chi connectivity index (χ0v) is 20.3. The lowest BCUT2D eigenvalue weighted by atomic mass is 9.78. The molecule has 35 heavy (non-hydrogen) atoms. The van der Waals surface area contributed by atoms with Gasteiger partial charge in [-0.25, -0.2) is 8.78 Å². The van der Waals surface area contributed by atoms with Gasteiger partial charge in [0.25, 0.3) is 0 Å². The smallest absolute Gasteiger partial charge is 0.314 e. The third-order valence-electron chi connectivity index (χ3n) is 7.03. The molecule has 5 heteroatoms. The molecule has 0 aromatic heterocycles. The summed E-state index contributed by atoms with van der Waals surface area (Å²) in [7, 11) is 0. The summed E-state index contributed by atoms with van der Waals surface area (Å²) in [6.07, 6.45) is 5.04. The third kappa shape index (κ3) is 5.61. The highest BCUT2D eigenvalue weighted by Crippen LogP contribution is 2.38. The lowest BCUT2D eigenvalue weighted by Crippen LogP contribution is -2.25. The molecular formula is C30H31F3O2. The monoisotopic (exact) mass is 480 g/mol. The van der Waals surface area contributed by atoms with Crippen molar-refractivity contribution in [2.45, 2.75) is 64.7 Å². The average molecular weight is 481 g/mol. The van der Waals surface area contributed by atoms with Gasteiger partial charge in [-0.15, -0.1) is 0 Å². The molecule has 0 aliphatic heterocycles. The van der Waals surface area contributed by atoms with E-state index in [2.05, 4.69) is 6.92 Å². The van der Waals surface area contributed by atoms with Crippen molar-refractivity contribution in [1.29, 1.82) is 0 Å². The van der Waals surface area contributed by atoms with Gasteiger partial charge in [-0.1, -0.05) is 56.7 Å². The fourth-order valence-electron chi connectivity index (χ4n) is 4.93. The maximum absolute atomic E-state index is 14.8. The van der Waals surface area contributed by atoms with Crippen molar-refractivity contribution in [3.8, 4) is 16.9 Å². The summed E-state index contributed by atoms with van der Waals surface area (Å²) in [4.78, 5) is 12.7. The summed E-state index contributed by atoms with van der Waals surface area (Å²) >= 11 is 0. The third-order valence-corrected chi connectivity index (χ3v) is 7.03. The predicted molar refractivity (Wildman–Crippen MR) is 132 cm³/mol. The molecule has 0 heterocycles. The van der Waals surface area contributed by atoms with Gasteiger partial charge in [0, 0.05) is 5.56 Å². The second kappa shape index (κ2) is 11.1. The molecule has 0 radical (unpaired) electrons. The molecule has 184 valence electrons. The molecule has 1 aliphatic carbocycles. The first kappa shape index (κ1) is 25.0. The molecule has 2 nitrogen and oxygen atoms in total. The highest BCUT2D eigenvalue weighted by molar-refractivity contribution is 5.76. The number of halogens is 3. The number of ether oxygens (including phenoxy) is 1. The second-order valence-electron chi connectivity index (χ2n) is 9.37. The fraction of sp³-hybridized carbons (Fsp3) is 0.367. The SMILES string of the molecule is CCCc1ccc(-c2ccc(OC(=O)C3CCC(c4ccc(CC)cc4F)CC3)c(F)c2F)cc1. The van der Waals surface area contributed by atoms with Gasteiger partial charge in [-0.2, -0.15) is 4.39 Å². The van der Waals surface area contributed by atoms with Crippen LogP contribution in [0.5, 0.6) is 5.75 Å². The lowest BCUT2D eigenvalue weighted by Gasteiger charge is -2.28. The first-order valence-corrected chi connectivity index (χ1v) is 12.5. The van der Waals surface area contributed by atoms with Crippen LogP contribution in [-0.4, -0.2) is 5.97 Å².